The van der Waals surface area contributed by atoms with Gasteiger partial charge in [0.1, 0.15) is 28.5 Å². The van der Waals surface area contributed by atoms with Gasteiger partial charge in [0.2, 0.25) is 21.9 Å². The van der Waals surface area contributed by atoms with Gasteiger partial charge >= 0.3 is 0 Å². The van der Waals surface area contributed by atoms with E-state index in [1.807, 2.05) is 6.92 Å². The van der Waals surface area contributed by atoms with Crippen LogP contribution in [0.3, 0.4) is 0 Å². The standard InChI is InChI=1S/C25H32FN7O6S/c1-4-38-17-11-18(15-32(14-17)24-27-12-16(26)13-28-24)40(34,35)31-25-30-29-23(21-9-6-10-39-21)33(25)22-19(36-2)7-5-8-20(22)37-3/h5,7-8,12-13,17-18,21H,4,6,9-11,14-15H2,1-3H3,(H,30,31)/t17?,18?,21-/m0/s1. The van der Waals surface area contributed by atoms with E-state index in [9.17, 15) is 12.8 Å². The van der Waals surface area contributed by atoms with Gasteiger partial charge in [-0.1, -0.05) is 6.07 Å². The van der Waals surface area contributed by atoms with Gasteiger partial charge in [0.25, 0.3) is 0 Å². The van der Waals surface area contributed by atoms with Crippen LogP contribution in [0.2, 0.25) is 0 Å². The maximum atomic E-state index is 13.9. The fraction of sp³-hybridized carbons (Fsp3) is 0.520. The molecule has 2 saturated heterocycles. The summed E-state index contributed by atoms with van der Waals surface area (Å²) in [4.78, 5) is 9.75. The van der Waals surface area contributed by atoms with Gasteiger partial charge in [-0.15, -0.1) is 10.2 Å². The van der Waals surface area contributed by atoms with Crippen LogP contribution in [0.15, 0.2) is 30.6 Å². The Labute approximate surface area is 231 Å². The van der Waals surface area contributed by atoms with Crippen LogP contribution in [-0.4, -0.2) is 85.0 Å². The Morgan fingerprint density at radius 3 is 2.48 bits per heavy atom. The number of nitrogens with one attached hydrogen (secondary N) is 1. The van der Waals surface area contributed by atoms with Crippen LogP contribution in [0.4, 0.5) is 16.3 Å². The second kappa shape index (κ2) is 11.9. The first-order chi connectivity index (χ1) is 19.3. The Kier molecular flexibility index (Phi) is 8.32. The minimum absolute atomic E-state index is 0.0311. The Morgan fingerprint density at radius 2 is 1.85 bits per heavy atom. The van der Waals surface area contributed by atoms with Crippen LogP contribution in [0.5, 0.6) is 11.5 Å². The number of rotatable bonds is 10. The fourth-order valence-corrected chi connectivity index (χ4v) is 6.45. The summed E-state index contributed by atoms with van der Waals surface area (Å²) in [6.07, 6.45) is 3.06. The second-order valence-electron chi connectivity index (χ2n) is 9.42. The molecule has 2 aromatic heterocycles. The largest absolute Gasteiger partial charge is 0.494 e. The van der Waals surface area contributed by atoms with E-state index in [4.69, 9.17) is 18.9 Å². The highest BCUT2D eigenvalue weighted by atomic mass is 32.2. The maximum absolute atomic E-state index is 13.9. The summed E-state index contributed by atoms with van der Waals surface area (Å²) in [5, 5.41) is 7.63. The van der Waals surface area contributed by atoms with Crippen LogP contribution in [0.1, 0.15) is 38.1 Å². The smallest absolute Gasteiger partial charge is 0.243 e. The van der Waals surface area contributed by atoms with Crippen molar-refractivity contribution in [3.05, 3.63) is 42.2 Å². The number of methoxy groups -OCH3 is 2. The van der Waals surface area contributed by atoms with Crippen LogP contribution < -0.4 is 19.1 Å². The number of sulfonamides is 1. The van der Waals surface area contributed by atoms with Crippen molar-refractivity contribution >= 4 is 21.9 Å². The number of ether oxygens (including phenoxy) is 4. The van der Waals surface area contributed by atoms with E-state index in [1.165, 1.54) is 14.2 Å². The van der Waals surface area contributed by atoms with Crippen molar-refractivity contribution in [3.8, 4) is 17.2 Å². The molecular formula is C25H32FN7O6S. The van der Waals surface area contributed by atoms with Gasteiger partial charge in [0.05, 0.1) is 32.7 Å². The minimum Gasteiger partial charge on any atom is -0.494 e. The summed E-state index contributed by atoms with van der Waals surface area (Å²) in [6, 6.07) is 5.25. The highest BCUT2D eigenvalue weighted by Crippen LogP contribution is 2.39. The summed E-state index contributed by atoms with van der Waals surface area (Å²) in [5.74, 6) is 0.904. The molecule has 40 heavy (non-hydrogen) atoms. The van der Waals surface area contributed by atoms with Gasteiger partial charge < -0.3 is 23.8 Å². The van der Waals surface area contributed by atoms with Crippen molar-refractivity contribution in [2.75, 3.05) is 50.1 Å². The lowest BCUT2D eigenvalue weighted by molar-refractivity contribution is 0.0531. The van der Waals surface area contributed by atoms with Crippen molar-refractivity contribution < 1.29 is 31.8 Å². The molecule has 216 valence electrons. The molecule has 0 radical (unpaired) electrons. The molecule has 2 fully saturated rings. The second-order valence-corrected chi connectivity index (χ2v) is 11.4. The number of hydrogen-bond acceptors (Lipinski definition) is 11. The number of anilines is 2. The molecule has 0 amide bonds. The molecule has 0 spiro atoms. The molecule has 3 atom stereocenters. The predicted molar refractivity (Wildman–Crippen MR) is 143 cm³/mol. The number of nitrogens with zero attached hydrogens (tertiary/aromatic N) is 6. The molecule has 1 aromatic carbocycles. The van der Waals surface area contributed by atoms with Gasteiger partial charge in [-0.25, -0.2) is 22.8 Å². The first kappa shape index (κ1) is 28.0. The highest BCUT2D eigenvalue weighted by molar-refractivity contribution is 7.93. The SMILES string of the molecule is CCOC1CC(S(=O)(=O)Nc2nnc([C@@H]3CCCO3)n2-c2c(OC)cccc2OC)CN(c2ncc(F)cn2)C1. The summed E-state index contributed by atoms with van der Waals surface area (Å²) >= 11 is 0. The van der Waals surface area contributed by atoms with E-state index in [-0.39, 0.29) is 31.0 Å². The van der Waals surface area contributed by atoms with Crippen molar-refractivity contribution in [1.29, 1.82) is 0 Å². The van der Waals surface area contributed by atoms with E-state index < -0.39 is 27.2 Å². The normalized spacial score (nSPS) is 21.4. The third kappa shape index (κ3) is 5.67. The zero-order valence-electron chi connectivity index (χ0n) is 22.5. The molecule has 0 aliphatic carbocycles. The maximum Gasteiger partial charge on any atom is 0.243 e. The average Bonchev–Trinajstić information content (AvgIpc) is 3.63. The quantitative estimate of drug-likeness (QED) is 0.380. The summed E-state index contributed by atoms with van der Waals surface area (Å²) < 4.78 is 68.4. The lowest BCUT2D eigenvalue weighted by Crippen LogP contribution is -2.51. The molecule has 2 aliphatic heterocycles. The Balaban J connectivity index is 1.52. The Morgan fingerprint density at radius 1 is 1.12 bits per heavy atom. The highest BCUT2D eigenvalue weighted by Gasteiger charge is 2.39. The molecule has 2 unspecified atom stereocenters. The van der Waals surface area contributed by atoms with Crippen molar-refractivity contribution in [3.63, 3.8) is 0 Å². The molecule has 4 heterocycles. The van der Waals surface area contributed by atoms with E-state index in [0.29, 0.717) is 49.2 Å². The molecule has 3 aromatic rings. The van der Waals surface area contributed by atoms with Crippen molar-refractivity contribution in [2.24, 2.45) is 0 Å². The monoisotopic (exact) mass is 577 g/mol. The topological polar surface area (TPSA) is 143 Å². The summed E-state index contributed by atoms with van der Waals surface area (Å²) in [5.41, 5.74) is 0.442. The molecule has 0 bridgehead atoms. The number of piperidine rings is 1. The molecule has 1 N–H and O–H groups in total. The van der Waals surface area contributed by atoms with E-state index in [0.717, 1.165) is 18.8 Å². The number of hydrogen-bond donors (Lipinski definition) is 1. The number of para-hydroxylation sites is 1. The van der Waals surface area contributed by atoms with Gasteiger partial charge in [0.15, 0.2) is 11.6 Å². The molecule has 0 saturated carbocycles. The van der Waals surface area contributed by atoms with Gasteiger partial charge in [-0.2, -0.15) is 0 Å². The van der Waals surface area contributed by atoms with E-state index in [2.05, 4.69) is 24.9 Å². The van der Waals surface area contributed by atoms with Crippen LogP contribution in [0, 0.1) is 5.82 Å². The van der Waals surface area contributed by atoms with Crippen molar-refractivity contribution in [1.82, 2.24) is 24.7 Å². The average molecular weight is 578 g/mol. The molecular weight excluding hydrogens is 545 g/mol. The fourth-order valence-electron chi connectivity index (χ4n) is 5.06. The lowest BCUT2D eigenvalue weighted by atomic mass is 10.1. The van der Waals surface area contributed by atoms with Gasteiger partial charge in [-0.05, 0) is 38.3 Å². The first-order valence-corrected chi connectivity index (χ1v) is 14.5. The van der Waals surface area contributed by atoms with Gasteiger partial charge in [-0.3, -0.25) is 9.29 Å². The minimum atomic E-state index is -4.06. The van der Waals surface area contributed by atoms with Crippen molar-refractivity contribution in [2.45, 2.75) is 43.6 Å². The van der Waals surface area contributed by atoms with E-state index >= 15 is 0 Å². The molecule has 15 heteroatoms. The van der Waals surface area contributed by atoms with E-state index in [1.54, 1.807) is 27.7 Å². The zero-order valence-corrected chi connectivity index (χ0v) is 23.3. The van der Waals surface area contributed by atoms with Crippen LogP contribution >= 0.6 is 0 Å². The third-order valence-corrected chi connectivity index (χ3v) is 8.56. The lowest BCUT2D eigenvalue weighted by Gasteiger charge is -2.37. The van der Waals surface area contributed by atoms with Crippen LogP contribution in [0.25, 0.3) is 5.69 Å². The first-order valence-electron chi connectivity index (χ1n) is 13.0. The molecule has 13 nitrogen and oxygen atoms in total. The number of aromatic nitrogens is 5. The zero-order chi connectivity index (χ0) is 28.3. The third-order valence-electron chi connectivity index (χ3n) is 6.87. The summed E-state index contributed by atoms with van der Waals surface area (Å²) in [7, 11) is -1.04. The molecule has 5 rings (SSSR count). The number of benzene rings is 1. The van der Waals surface area contributed by atoms with Gasteiger partial charge in [0, 0.05) is 26.3 Å². The van der Waals surface area contributed by atoms with Crippen LogP contribution in [-0.2, 0) is 19.5 Å². The number of halogens is 1. The Hall–Kier alpha value is -3.56. The Bertz CT molecular complexity index is 1390. The summed E-state index contributed by atoms with van der Waals surface area (Å²) in [6.45, 7) is 3.23. The molecule has 2 aliphatic rings. The predicted octanol–water partition coefficient (Wildman–Crippen LogP) is 2.49.